The molecule has 2 fully saturated rings. The molecule has 1 aromatic heterocycles. The van der Waals surface area contributed by atoms with Crippen molar-refractivity contribution in [1.29, 1.82) is 0 Å². The highest BCUT2D eigenvalue weighted by molar-refractivity contribution is 6.31. The summed E-state index contributed by atoms with van der Waals surface area (Å²) in [5.74, 6) is 0.530. The van der Waals surface area contributed by atoms with Gasteiger partial charge in [-0.3, -0.25) is 4.79 Å². The summed E-state index contributed by atoms with van der Waals surface area (Å²) in [5.41, 5.74) is 1.27. The summed E-state index contributed by atoms with van der Waals surface area (Å²) in [5, 5.41) is 15.4. The Morgan fingerprint density at radius 3 is 2.46 bits per heavy atom. The minimum Gasteiger partial charge on any atom is -0.493 e. The number of pyridine rings is 1. The zero-order valence-corrected chi connectivity index (χ0v) is 24.9. The monoisotopic (exact) mass is 580 g/mol. The summed E-state index contributed by atoms with van der Waals surface area (Å²) in [4.78, 5) is 18.0. The zero-order valence-electron chi connectivity index (χ0n) is 24.1. The molecule has 6 nitrogen and oxygen atoms in total. The summed E-state index contributed by atoms with van der Waals surface area (Å²) in [6.07, 6.45) is 5.99. The maximum atomic E-state index is 13.9. The fraction of sp³-hybridized carbons (Fsp3) is 0.455. The van der Waals surface area contributed by atoms with E-state index in [0.717, 1.165) is 31.2 Å². The first-order chi connectivity index (χ1) is 19.4. The van der Waals surface area contributed by atoms with Crippen molar-refractivity contribution < 1.29 is 23.8 Å². The second-order valence-electron chi connectivity index (χ2n) is 12.0. The molecule has 8 heteroatoms. The molecule has 0 aliphatic heterocycles. The third-order valence-electron chi connectivity index (χ3n) is 8.13. The average molecular weight is 581 g/mol. The minimum atomic E-state index is -1.41. The van der Waals surface area contributed by atoms with Crippen molar-refractivity contribution in [2.75, 3.05) is 7.11 Å². The maximum Gasteiger partial charge on any atom is 0.163 e. The predicted molar refractivity (Wildman–Crippen MR) is 158 cm³/mol. The van der Waals surface area contributed by atoms with Crippen LogP contribution in [0.25, 0.3) is 11.3 Å². The zero-order chi connectivity index (χ0) is 29.4. The highest BCUT2D eigenvalue weighted by Crippen LogP contribution is 2.37. The molecule has 1 atom stereocenters. The first-order valence-electron chi connectivity index (χ1n) is 14.3. The van der Waals surface area contributed by atoms with Crippen LogP contribution in [-0.4, -0.2) is 35.1 Å². The van der Waals surface area contributed by atoms with E-state index in [2.05, 4.69) is 19.2 Å². The number of Topliss-reactive ketones (excluding diaryl/α,β-unsaturated/α-hetero) is 1. The number of rotatable bonds is 12. The summed E-state index contributed by atoms with van der Waals surface area (Å²) < 4.78 is 25.3. The van der Waals surface area contributed by atoms with Gasteiger partial charge in [0.15, 0.2) is 17.3 Å². The van der Waals surface area contributed by atoms with Crippen LogP contribution in [0, 0.1) is 5.82 Å². The Labute approximate surface area is 246 Å². The number of benzene rings is 2. The molecule has 0 saturated heterocycles. The van der Waals surface area contributed by atoms with E-state index < -0.39 is 17.0 Å². The van der Waals surface area contributed by atoms with Crippen LogP contribution in [0.15, 0.2) is 48.5 Å². The van der Waals surface area contributed by atoms with Crippen molar-refractivity contribution in [1.82, 2.24) is 10.3 Å². The fourth-order valence-electron chi connectivity index (χ4n) is 5.05. The topological polar surface area (TPSA) is 80.7 Å². The first kappa shape index (κ1) is 29.5. The van der Waals surface area contributed by atoms with Crippen molar-refractivity contribution >= 4 is 17.4 Å². The largest absolute Gasteiger partial charge is 0.493 e. The molecule has 2 saturated carbocycles. The van der Waals surface area contributed by atoms with Gasteiger partial charge in [0.25, 0.3) is 0 Å². The van der Waals surface area contributed by atoms with E-state index >= 15 is 0 Å². The molecular weight excluding hydrogens is 543 g/mol. The van der Waals surface area contributed by atoms with Crippen molar-refractivity contribution in [2.24, 2.45) is 0 Å². The maximum absolute atomic E-state index is 13.9. The van der Waals surface area contributed by atoms with E-state index in [-0.39, 0.29) is 29.8 Å². The standard InChI is InChI=1S/C33H38ClFN2O4/c1-32(2,37-23-6-5-7-23)22-18-27(20-8-12-26(35)25(34)16-20)36-31(19-22)33(3,39)15-14-28(38)21-9-13-29(30(17-21)40-4)41-24-10-11-24/h8-9,12-13,16-19,23-24,37,39H,5-7,10-11,14-15H2,1-4H3. The SMILES string of the molecule is COc1cc(C(=O)CCC(C)(O)c2cc(C(C)(C)NC3CCC3)cc(-c3ccc(F)c(Cl)c3)n2)ccc1OC1CC1. The summed E-state index contributed by atoms with van der Waals surface area (Å²) in [6, 6.07) is 14.0. The Morgan fingerprint density at radius 2 is 1.83 bits per heavy atom. The third kappa shape index (κ3) is 6.91. The van der Waals surface area contributed by atoms with Gasteiger partial charge >= 0.3 is 0 Å². The summed E-state index contributed by atoms with van der Waals surface area (Å²) in [7, 11) is 1.56. The van der Waals surface area contributed by atoms with Gasteiger partial charge in [-0.2, -0.15) is 0 Å². The Kier molecular flexibility index (Phi) is 8.42. The molecule has 2 aromatic carbocycles. The number of carbonyl (C=O) groups excluding carboxylic acids is 1. The third-order valence-corrected chi connectivity index (χ3v) is 8.42. The van der Waals surface area contributed by atoms with Crippen LogP contribution in [0.4, 0.5) is 4.39 Å². The van der Waals surface area contributed by atoms with E-state index in [1.54, 1.807) is 44.4 Å². The minimum absolute atomic E-state index is 0.00411. The Hall–Kier alpha value is -3.00. The van der Waals surface area contributed by atoms with E-state index in [1.165, 1.54) is 12.5 Å². The van der Waals surface area contributed by atoms with Crippen LogP contribution in [0.2, 0.25) is 5.02 Å². The molecule has 2 aliphatic carbocycles. The normalized spacial score (nSPS) is 17.0. The number of ketones is 1. The van der Waals surface area contributed by atoms with Gasteiger partial charge in [0, 0.05) is 29.1 Å². The number of hydrogen-bond donors (Lipinski definition) is 2. The fourth-order valence-corrected chi connectivity index (χ4v) is 5.23. The number of aromatic nitrogens is 1. The highest BCUT2D eigenvalue weighted by atomic mass is 35.5. The molecule has 0 spiro atoms. The van der Waals surface area contributed by atoms with Crippen LogP contribution in [0.5, 0.6) is 11.5 Å². The van der Waals surface area contributed by atoms with Gasteiger partial charge in [-0.15, -0.1) is 0 Å². The Balaban J connectivity index is 1.40. The lowest BCUT2D eigenvalue weighted by Gasteiger charge is -2.37. The number of nitrogens with one attached hydrogen (secondary N) is 1. The highest BCUT2D eigenvalue weighted by Gasteiger charge is 2.32. The van der Waals surface area contributed by atoms with Crippen LogP contribution < -0.4 is 14.8 Å². The van der Waals surface area contributed by atoms with Crippen molar-refractivity contribution in [2.45, 2.75) is 89.0 Å². The molecule has 2 aliphatic rings. The van der Waals surface area contributed by atoms with Gasteiger partial charge in [0.2, 0.25) is 0 Å². The smallest absolute Gasteiger partial charge is 0.163 e. The molecule has 2 N–H and O–H groups in total. The molecule has 5 rings (SSSR count). The number of nitrogens with zero attached hydrogens (tertiary/aromatic N) is 1. The van der Waals surface area contributed by atoms with Gasteiger partial charge in [-0.05, 0) is 107 Å². The van der Waals surface area contributed by atoms with Crippen LogP contribution >= 0.6 is 11.6 Å². The number of methoxy groups -OCH3 is 1. The number of ether oxygens (including phenoxy) is 2. The molecule has 1 unspecified atom stereocenters. The lowest BCUT2D eigenvalue weighted by atomic mass is 9.84. The van der Waals surface area contributed by atoms with Crippen molar-refractivity contribution in [3.8, 4) is 22.8 Å². The lowest BCUT2D eigenvalue weighted by Crippen LogP contribution is -2.47. The summed E-state index contributed by atoms with van der Waals surface area (Å²) in [6.45, 7) is 5.88. The number of hydrogen-bond acceptors (Lipinski definition) is 6. The molecule has 41 heavy (non-hydrogen) atoms. The lowest BCUT2D eigenvalue weighted by molar-refractivity contribution is 0.0396. The molecule has 0 radical (unpaired) electrons. The number of halogens is 2. The van der Waals surface area contributed by atoms with E-state index in [1.807, 2.05) is 12.1 Å². The average Bonchev–Trinajstić information content (AvgIpc) is 3.75. The van der Waals surface area contributed by atoms with Crippen molar-refractivity contribution in [3.05, 3.63) is 76.2 Å². The molecular formula is C33H38ClFN2O4. The Morgan fingerprint density at radius 1 is 1.07 bits per heavy atom. The van der Waals surface area contributed by atoms with Gasteiger partial charge in [0.1, 0.15) is 11.4 Å². The molecule has 3 aromatic rings. The molecule has 218 valence electrons. The van der Waals surface area contributed by atoms with Crippen LogP contribution in [0.1, 0.15) is 87.3 Å². The van der Waals surface area contributed by atoms with Crippen molar-refractivity contribution in [3.63, 3.8) is 0 Å². The number of carbonyl (C=O) groups is 1. The second kappa shape index (κ2) is 11.7. The molecule has 1 heterocycles. The van der Waals surface area contributed by atoms with Crippen LogP contribution in [-0.2, 0) is 11.1 Å². The van der Waals surface area contributed by atoms with Gasteiger partial charge in [0.05, 0.1) is 29.6 Å². The van der Waals surface area contributed by atoms with Gasteiger partial charge < -0.3 is 19.9 Å². The number of aliphatic hydroxyl groups is 1. The van der Waals surface area contributed by atoms with E-state index in [9.17, 15) is 14.3 Å². The van der Waals surface area contributed by atoms with E-state index in [0.29, 0.717) is 40.1 Å². The second-order valence-corrected chi connectivity index (χ2v) is 12.4. The first-order valence-corrected chi connectivity index (χ1v) is 14.7. The molecule has 0 amide bonds. The summed E-state index contributed by atoms with van der Waals surface area (Å²) >= 11 is 6.10. The van der Waals surface area contributed by atoms with Crippen LogP contribution in [0.3, 0.4) is 0 Å². The predicted octanol–water partition coefficient (Wildman–Crippen LogP) is 7.34. The van der Waals surface area contributed by atoms with Gasteiger partial charge in [-0.1, -0.05) is 18.0 Å². The van der Waals surface area contributed by atoms with Gasteiger partial charge in [-0.25, -0.2) is 9.37 Å². The quantitative estimate of drug-likeness (QED) is 0.218. The molecule has 0 bridgehead atoms. The Bertz CT molecular complexity index is 1430. The van der Waals surface area contributed by atoms with E-state index in [4.69, 9.17) is 26.1 Å².